The fourth-order valence-electron chi connectivity index (χ4n) is 0.327. The second kappa shape index (κ2) is 2.36. The molecular weight excluding hydrogens is 155 g/mol. The number of rotatable bonds is 1. The van der Waals surface area contributed by atoms with E-state index in [0.29, 0.717) is 0 Å². The van der Waals surface area contributed by atoms with Crippen LogP contribution < -0.4 is 0 Å². The predicted octanol–water partition coefficient (Wildman–Crippen LogP) is 2.84. The third kappa shape index (κ3) is 1.58. The fraction of sp³-hybridized carbons (Fsp3) is 1.00. The van der Waals surface area contributed by atoms with E-state index in [2.05, 4.69) is 0 Å². The van der Waals surface area contributed by atoms with Crippen molar-refractivity contribution in [1.82, 2.24) is 0 Å². The van der Waals surface area contributed by atoms with E-state index in [1.165, 1.54) is 0 Å². The zero-order chi connectivity index (χ0) is 8.58. The monoisotopic (exact) mass is 162 g/mol. The van der Waals surface area contributed by atoms with Gasteiger partial charge < -0.3 is 0 Å². The van der Waals surface area contributed by atoms with Crippen LogP contribution in [0.3, 0.4) is 0 Å². The molecular formula is C5H7F5. The Morgan fingerprint density at radius 2 is 1.20 bits per heavy atom. The summed E-state index contributed by atoms with van der Waals surface area (Å²) in [7, 11) is 0. The van der Waals surface area contributed by atoms with E-state index in [0.717, 1.165) is 13.8 Å². The van der Waals surface area contributed by atoms with E-state index in [-0.39, 0.29) is 0 Å². The van der Waals surface area contributed by atoms with Gasteiger partial charge in [0.25, 0.3) is 0 Å². The zero-order valence-corrected chi connectivity index (χ0v) is 5.47. The molecule has 10 heavy (non-hydrogen) atoms. The van der Waals surface area contributed by atoms with Crippen LogP contribution in [-0.4, -0.2) is 12.1 Å². The molecule has 5 heteroatoms. The van der Waals surface area contributed by atoms with Gasteiger partial charge in [0, 0.05) is 5.92 Å². The minimum Gasteiger partial charge on any atom is -0.196 e. The van der Waals surface area contributed by atoms with Crippen molar-refractivity contribution < 1.29 is 22.0 Å². The Balaban J connectivity index is 4.40. The van der Waals surface area contributed by atoms with Gasteiger partial charge in [-0.05, 0) is 0 Å². The van der Waals surface area contributed by atoms with Gasteiger partial charge in [0.1, 0.15) is 0 Å². The van der Waals surface area contributed by atoms with Crippen LogP contribution in [0.2, 0.25) is 0 Å². The lowest BCUT2D eigenvalue weighted by Crippen LogP contribution is -2.40. The minimum absolute atomic E-state index is 0.827. The smallest absolute Gasteiger partial charge is 0.196 e. The number of halogens is 5. The highest BCUT2D eigenvalue weighted by molar-refractivity contribution is 4.78. The van der Waals surface area contributed by atoms with Gasteiger partial charge in [0.15, 0.2) is 0 Å². The Morgan fingerprint density at radius 1 is 0.900 bits per heavy atom. The summed E-state index contributed by atoms with van der Waals surface area (Å²) in [6.07, 6.45) is -5.42. The predicted molar refractivity (Wildman–Crippen MR) is 25.8 cm³/mol. The van der Waals surface area contributed by atoms with E-state index in [1.54, 1.807) is 0 Å². The second-order valence-electron chi connectivity index (χ2n) is 2.28. The molecule has 0 aliphatic heterocycles. The molecule has 0 amide bonds. The molecule has 0 bridgehead atoms. The molecule has 0 rings (SSSR count). The average molecular weight is 162 g/mol. The molecule has 0 aliphatic carbocycles. The number of alkyl halides is 5. The molecule has 0 radical (unpaired) electrons. The molecule has 0 saturated carbocycles. The lowest BCUT2D eigenvalue weighted by Gasteiger charge is -2.22. The van der Waals surface area contributed by atoms with Crippen LogP contribution in [0, 0.1) is 5.92 Å². The van der Waals surface area contributed by atoms with Crippen molar-refractivity contribution >= 4 is 0 Å². The van der Waals surface area contributed by atoms with Crippen LogP contribution in [0.25, 0.3) is 0 Å². The molecule has 0 aliphatic rings. The SMILES string of the molecule is CC(C)C(F)(F)C(F)(F)F. The summed E-state index contributed by atoms with van der Waals surface area (Å²) in [4.78, 5) is 0. The Kier molecular flexibility index (Phi) is 2.28. The highest BCUT2D eigenvalue weighted by Crippen LogP contribution is 2.40. The maximum atomic E-state index is 11.9. The highest BCUT2D eigenvalue weighted by atomic mass is 19.4. The first-order valence-corrected chi connectivity index (χ1v) is 2.64. The van der Waals surface area contributed by atoms with Gasteiger partial charge in [-0.25, -0.2) is 0 Å². The molecule has 0 aromatic heterocycles. The van der Waals surface area contributed by atoms with Crippen molar-refractivity contribution in [2.75, 3.05) is 0 Å². The fourth-order valence-corrected chi connectivity index (χ4v) is 0.327. The zero-order valence-electron chi connectivity index (χ0n) is 5.47. The van der Waals surface area contributed by atoms with E-state index in [9.17, 15) is 22.0 Å². The Bertz CT molecular complexity index is 112. The summed E-state index contributed by atoms with van der Waals surface area (Å²) in [6, 6.07) is 0. The van der Waals surface area contributed by atoms with Crippen molar-refractivity contribution in [3.05, 3.63) is 0 Å². The summed E-state index contributed by atoms with van der Waals surface area (Å²) in [6.45, 7) is 1.65. The first kappa shape index (κ1) is 9.65. The lowest BCUT2D eigenvalue weighted by atomic mass is 10.1. The van der Waals surface area contributed by atoms with Gasteiger partial charge in [-0.2, -0.15) is 22.0 Å². The Hall–Kier alpha value is -0.350. The van der Waals surface area contributed by atoms with Gasteiger partial charge >= 0.3 is 12.1 Å². The molecule has 0 aromatic carbocycles. The Labute approximate surface area is 55.0 Å². The molecule has 0 saturated heterocycles. The summed E-state index contributed by atoms with van der Waals surface area (Å²) >= 11 is 0. The maximum Gasteiger partial charge on any atom is 0.453 e. The summed E-state index contributed by atoms with van der Waals surface area (Å²) in [5.74, 6) is -6.26. The third-order valence-electron chi connectivity index (χ3n) is 1.10. The van der Waals surface area contributed by atoms with Gasteiger partial charge in [-0.1, -0.05) is 13.8 Å². The van der Waals surface area contributed by atoms with E-state index >= 15 is 0 Å². The summed E-state index contributed by atoms with van der Waals surface area (Å²) < 4.78 is 57.9. The van der Waals surface area contributed by atoms with Crippen molar-refractivity contribution in [2.45, 2.75) is 25.9 Å². The van der Waals surface area contributed by atoms with E-state index < -0.39 is 18.0 Å². The normalized spacial score (nSPS) is 14.4. The molecule has 62 valence electrons. The standard InChI is InChI=1S/C5H7F5/c1-3(2)4(6,7)5(8,9)10/h3H,1-2H3. The van der Waals surface area contributed by atoms with Crippen molar-refractivity contribution in [2.24, 2.45) is 5.92 Å². The van der Waals surface area contributed by atoms with Crippen LogP contribution in [0.4, 0.5) is 22.0 Å². The topological polar surface area (TPSA) is 0 Å². The first-order chi connectivity index (χ1) is 4.19. The largest absolute Gasteiger partial charge is 0.453 e. The van der Waals surface area contributed by atoms with Crippen molar-refractivity contribution in [3.63, 3.8) is 0 Å². The molecule has 0 spiro atoms. The maximum absolute atomic E-state index is 11.9. The first-order valence-electron chi connectivity index (χ1n) is 2.64. The van der Waals surface area contributed by atoms with Gasteiger partial charge in [-0.15, -0.1) is 0 Å². The Morgan fingerprint density at radius 3 is 1.20 bits per heavy atom. The van der Waals surface area contributed by atoms with Crippen LogP contribution in [0.15, 0.2) is 0 Å². The molecule has 0 atom stereocenters. The number of hydrogen-bond acceptors (Lipinski definition) is 0. The molecule has 0 heterocycles. The molecule has 0 N–H and O–H groups in total. The molecule has 0 nitrogen and oxygen atoms in total. The third-order valence-corrected chi connectivity index (χ3v) is 1.10. The van der Waals surface area contributed by atoms with Crippen LogP contribution >= 0.6 is 0 Å². The van der Waals surface area contributed by atoms with E-state index in [1.807, 2.05) is 0 Å². The summed E-state index contributed by atoms with van der Waals surface area (Å²) in [5.41, 5.74) is 0. The summed E-state index contributed by atoms with van der Waals surface area (Å²) in [5, 5.41) is 0. The van der Waals surface area contributed by atoms with Gasteiger partial charge in [0.2, 0.25) is 0 Å². The quantitative estimate of drug-likeness (QED) is 0.520. The molecule has 0 aromatic rings. The van der Waals surface area contributed by atoms with Crippen LogP contribution in [0.1, 0.15) is 13.8 Å². The van der Waals surface area contributed by atoms with Crippen LogP contribution in [0.5, 0.6) is 0 Å². The van der Waals surface area contributed by atoms with Crippen molar-refractivity contribution in [1.29, 1.82) is 0 Å². The molecule has 0 unspecified atom stereocenters. The van der Waals surface area contributed by atoms with E-state index in [4.69, 9.17) is 0 Å². The van der Waals surface area contributed by atoms with Gasteiger partial charge in [-0.3, -0.25) is 0 Å². The van der Waals surface area contributed by atoms with Crippen molar-refractivity contribution in [3.8, 4) is 0 Å². The molecule has 0 fully saturated rings. The average Bonchev–Trinajstić information content (AvgIpc) is 1.62. The lowest BCUT2D eigenvalue weighted by molar-refractivity contribution is -0.298. The van der Waals surface area contributed by atoms with Gasteiger partial charge in [0.05, 0.1) is 0 Å². The van der Waals surface area contributed by atoms with Crippen LogP contribution in [-0.2, 0) is 0 Å². The minimum atomic E-state index is -5.42. The highest BCUT2D eigenvalue weighted by Gasteiger charge is 2.59. The number of hydrogen-bond donors (Lipinski definition) is 0. The second-order valence-corrected chi connectivity index (χ2v) is 2.28.